The monoisotopic (exact) mass is 317 g/mol. The minimum Gasteiger partial charge on any atom is -0.374 e. The Kier molecular flexibility index (Phi) is 4.90. The molecule has 3 heterocycles. The Morgan fingerprint density at radius 3 is 3.17 bits per heavy atom. The quantitative estimate of drug-likeness (QED) is 0.808. The minimum absolute atomic E-state index is 0.0881. The molecule has 1 aliphatic rings. The molecule has 2 aromatic heterocycles. The lowest BCUT2D eigenvalue weighted by Crippen LogP contribution is -2.47. The zero-order chi connectivity index (χ0) is 16.2. The summed E-state index contributed by atoms with van der Waals surface area (Å²) in [6, 6.07) is 5.99. The van der Waals surface area contributed by atoms with Crippen molar-refractivity contribution in [3.05, 3.63) is 36.3 Å². The van der Waals surface area contributed by atoms with Crippen molar-refractivity contribution in [2.75, 3.05) is 39.8 Å². The number of amides is 1. The number of carbonyl (C=O) groups is 1. The number of rotatable bonds is 6. The van der Waals surface area contributed by atoms with Crippen molar-refractivity contribution in [1.82, 2.24) is 19.2 Å². The maximum absolute atomic E-state index is 11.0. The normalized spacial score (nSPS) is 19.5. The number of aromatic nitrogens is 2. The van der Waals surface area contributed by atoms with Crippen LogP contribution in [0.3, 0.4) is 0 Å². The van der Waals surface area contributed by atoms with E-state index in [9.17, 15) is 4.79 Å². The van der Waals surface area contributed by atoms with Crippen molar-refractivity contribution in [1.29, 1.82) is 0 Å². The number of carbonyl (C=O) groups excluding carboxylic acids is 1. The van der Waals surface area contributed by atoms with Gasteiger partial charge in [-0.1, -0.05) is 6.07 Å². The van der Waals surface area contributed by atoms with Crippen LogP contribution in [0, 0.1) is 0 Å². The molecular formula is C16H23N5O2. The van der Waals surface area contributed by atoms with Gasteiger partial charge in [-0.3, -0.25) is 14.6 Å². The van der Waals surface area contributed by atoms with Gasteiger partial charge in [0.05, 0.1) is 24.9 Å². The molecule has 2 aromatic rings. The van der Waals surface area contributed by atoms with Gasteiger partial charge >= 0.3 is 0 Å². The number of nitrogens with two attached hydrogens (primary N) is 1. The second kappa shape index (κ2) is 7.08. The summed E-state index contributed by atoms with van der Waals surface area (Å²) in [6.07, 6.45) is 4.16. The zero-order valence-corrected chi connectivity index (χ0v) is 13.4. The Balaban J connectivity index is 1.56. The lowest BCUT2D eigenvalue weighted by molar-refractivity contribution is -0.119. The molecule has 0 aliphatic carbocycles. The van der Waals surface area contributed by atoms with Crippen LogP contribution >= 0.6 is 0 Å². The largest absolute Gasteiger partial charge is 0.374 e. The Morgan fingerprint density at radius 2 is 2.39 bits per heavy atom. The smallest absolute Gasteiger partial charge is 0.231 e. The van der Waals surface area contributed by atoms with Crippen molar-refractivity contribution < 1.29 is 9.53 Å². The van der Waals surface area contributed by atoms with E-state index in [1.54, 1.807) is 0 Å². The third-order valence-corrected chi connectivity index (χ3v) is 3.96. The second-order valence-corrected chi connectivity index (χ2v) is 6.09. The summed E-state index contributed by atoms with van der Waals surface area (Å²) in [5.41, 5.74) is 7.25. The highest BCUT2D eigenvalue weighted by atomic mass is 16.5. The van der Waals surface area contributed by atoms with Crippen LogP contribution in [0.2, 0.25) is 0 Å². The van der Waals surface area contributed by atoms with Gasteiger partial charge in [0, 0.05) is 38.6 Å². The number of hydrogen-bond donors (Lipinski definition) is 1. The van der Waals surface area contributed by atoms with Crippen molar-refractivity contribution >= 4 is 11.6 Å². The first-order valence-electron chi connectivity index (χ1n) is 7.83. The molecule has 1 amide bonds. The molecule has 7 nitrogen and oxygen atoms in total. The predicted octanol–water partition coefficient (Wildman–Crippen LogP) is -0.0478. The van der Waals surface area contributed by atoms with E-state index in [0.29, 0.717) is 13.2 Å². The average Bonchev–Trinajstić information content (AvgIpc) is 2.88. The molecule has 1 atom stereocenters. The Bertz CT molecular complexity index is 638. The van der Waals surface area contributed by atoms with E-state index in [1.165, 1.54) is 0 Å². The van der Waals surface area contributed by atoms with E-state index in [0.717, 1.165) is 31.0 Å². The molecule has 1 saturated heterocycles. The Morgan fingerprint density at radius 1 is 1.52 bits per heavy atom. The lowest BCUT2D eigenvalue weighted by Gasteiger charge is -2.34. The first-order valence-corrected chi connectivity index (χ1v) is 7.83. The summed E-state index contributed by atoms with van der Waals surface area (Å²) in [5, 5.41) is 0. The third-order valence-electron chi connectivity index (χ3n) is 3.96. The average molecular weight is 317 g/mol. The molecule has 2 N–H and O–H groups in total. The molecule has 23 heavy (non-hydrogen) atoms. The fourth-order valence-electron chi connectivity index (χ4n) is 3.01. The van der Waals surface area contributed by atoms with E-state index in [4.69, 9.17) is 10.5 Å². The number of primary amides is 1. The molecule has 0 saturated carbocycles. The Hall–Kier alpha value is -1.96. The van der Waals surface area contributed by atoms with E-state index in [-0.39, 0.29) is 18.6 Å². The molecule has 0 aromatic carbocycles. The molecule has 7 heteroatoms. The second-order valence-electron chi connectivity index (χ2n) is 6.09. The number of imidazole rings is 1. The third kappa shape index (κ3) is 4.28. The number of fused-ring (bicyclic) bond motifs is 1. The van der Waals surface area contributed by atoms with Gasteiger partial charge in [0.15, 0.2) is 0 Å². The number of pyridine rings is 1. The molecule has 3 rings (SSSR count). The summed E-state index contributed by atoms with van der Waals surface area (Å²) in [4.78, 5) is 19.8. The molecule has 124 valence electrons. The molecule has 0 bridgehead atoms. The van der Waals surface area contributed by atoms with Crippen LogP contribution in [0.1, 0.15) is 5.69 Å². The van der Waals surface area contributed by atoms with Crippen LogP contribution in [0.25, 0.3) is 5.65 Å². The summed E-state index contributed by atoms with van der Waals surface area (Å²) in [7, 11) is 1.88. The van der Waals surface area contributed by atoms with Gasteiger partial charge in [0.2, 0.25) is 5.91 Å². The van der Waals surface area contributed by atoms with Crippen LogP contribution in [0.5, 0.6) is 0 Å². The fraction of sp³-hybridized carbons (Fsp3) is 0.500. The van der Waals surface area contributed by atoms with Gasteiger partial charge in [-0.15, -0.1) is 0 Å². The zero-order valence-electron chi connectivity index (χ0n) is 13.4. The predicted molar refractivity (Wildman–Crippen MR) is 86.9 cm³/mol. The molecule has 0 unspecified atom stereocenters. The topological polar surface area (TPSA) is 76.1 Å². The van der Waals surface area contributed by atoms with Crippen molar-refractivity contribution in [2.45, 2.75) is 12.6 Å². The van der Waals surface area contributed by atoms with E-state index in [1.807, 2.05) is 40.7 Å². The molecule has 1 aliphatic heterocycles. The van der Waals surface area contributed by atoms with Crippen molar-refractivity contribution in [3.8, 4) is 0 Å². The molecule has 0 radical (unpaired) electrons. The lowest BCUT2D eigenvalue weighted by atomic mass is 10.2. The van der Waals surface area contributed by atoms with Gasteiger partial charge < -0.3 is 14.9 Å². The van der Waals surface area contributed by atoms with Crippen LogP contribution in [-0.4, -0.2) is 71.0 Å². The highest BCUT2D eigenvalue weighted by Gasteiger charge is 2.22. The number of morpholine rings is 1. The SMILES string of the molecule is CN(CC(N)=O)C[C@H]1CN(Cc2cn3ccccc3n2)CCO1. The van der Waals surface area contributed by atoms with Gasteiger partial charge in [0.25, 0.3) is 0 Å². The van der Waals surface area contributed by atoms with Crippen LogP contribution < -0.4 is 5.73 Å². The van der Waals surface area contributed by atoms with Crippen molar-refractivity contribution in [3.63, 3.8) is 0 Å². The fourth-order valence-corrected chi connectivity index (χ4v) is 3.01. The summed E-state index contributed by atoms with van der Waals surface area (Å²) >= 11 is 0. The van der Waals surface area contributed by atoms with E-state index >= 15 is 0 Å². The Labute approximate surface area is 135 Å². The molecule has 0 spiro atoms. The van der Waals surface area contributed by atoms with Crippen LogP contribution in [-0.2, 0) is 16.1 Å². The van der Waals surface area contributed by atoms with Crippen LogP contribution in [0.15, 0.2) is 30.6 Å². The van der Waals surface area contributed by atoms with Gasteiger partial charge in [-0.2, -0.15) is 0 Å². The minimum atomic E-state index is -0.315. The molecule has 1 fully saturated rings. The highest BCUT2D eigenvalue weighted by Crippen LogP contribution is 2.12. The van der Waals surface area contributed by atoms with Crippen LogP contribution in [0.4, 0.5) is 0 Å². The highest BCUT2D eigenvalue weighted by molar-refractivity contribution is 5.75. The number of nitrogens with zero attached hydrogens (tertiary/aromatic N) is 4. The van der Waals surface area contributed by atoms with Gasteiger partial charge in [0.1, 0.15) is 5.65 Å². The summed E-state index contributed by atoms with van der Waals surface area (Å²) in [5.74, 6) is -0.315. The number of ether oxygens (including phenoxy) is 1. The number of hydrogen-bond acceptors (Lipinski definition) is 5. The van der Waals surface area contributed by atoms with Gasteiger partial charge in [-0.05, 0) is 19.2 Å². The van der Waals surface area contributed by atoms with Gasteiger partial charge in [-0.25, -0.2) is 4.98 Å². The van der Waals surface area contributed by atoms with E-state index < -0.39 is 0 Å². The summed E-state index contributed by atoms with van der Waals surface area (Å²) < 4.78 is 7.83. The number of likely N-dealkylation sites (N-methyl/N-ethyl adjacent to an activating group) is 1. The first-order chi connectivity index (χ1) is 11.1. The molecular weight excluding hydrogens is 294 g/mol. The maximum Gasteiger partial charge on any atom is 0.231 e. The standard InChI is InChI=1S/C16H23N5O2/c1-19(12-15(17)22)10-14-11-20(6-7-23-14)8-13-9-21-5-3-2-4-16(21)18-13/h2-5,9,14H,6-8,10-12H2,1H3,(H2,17,22)/t14-/m0/s1. The van der Waals surface area contributed by atoms with Crippen molar-refractivity contribution in [2.24, 2.45) is 5.73 Å². The first kappa shape index (κ1) is 15.9. The van der Waals surface area contributed by atoms with E-state index in [2.05, 4.69) is 16.1 Å². The summed E-state index contributed by atoms with van der Waals surface area (Å²) in [6.45, 7) is 4.18. The maximum atomic E-state index is 11.0.